The second kappa shape index (κ2) is 8.54. The molecule has 2 rings (SSSR count). The maximum Gasteiger partial charge on any atom is 0.321 e. The van der Waals surface area contributed by atoms with E-state index < -0.39 is 0 Å². The number of anilines is 1. The van der Waals surface area contributed by atoms with E-state index in [2.05, 4.69) is 15.6 Å². The van der Waals surface area contributed by atoms with E-state index in [-0.39, 0.29) is 12.1 Å². The quantitative estimate of drug-likeness (QED) is 0.788. The lowest BCUT2D eigenvalue weighted by molar-refractivity contribution is 0.247. The summed E-state index contributed by atoms with van der Waals surface area (Å²) in [5, 5.41) is 8.13. The molecule has 1 heterocycles. The molecular weight excluding hydrogens is 326 g/mol. The Morgan fingerprint density at radius 3 is 2.62 bits per heavy atom. The topological polar surface area (TPSA) is 72.5 Å². The highest BCUT2D eigenvalue weighted by Crippen LogP contribution is 2.34. The van der Waals surface area contributed by atoms with Gasteiger partial charge in [-0.2, -0.15) is 0 Å². The minimum absolute atomic E-state index is 0.169. The molecule has 0 bridgehead atoms. The first kappa shape index (κ1) is 18.1. The fourth-order valence-corrected chi connectivity index (χ4v) is 2.99. The SMILES string of the molecule is CCC(CC)NC(=O)Nc1nc(-c2cc(OC)ccc2OC)cs1. The molecule has 0 aliphatic heterocycles. The van der Waals surface area contributed by atoms with Gasteiger partial charge in [-0.3, -0.25) is 5.32 Å². The second-order valence-corrected chi connectivity index (χ2v) is 6.07. The van der Waals surface area contributed by atoms with Gasteiger partial charge < -0.3 is 14.8 Å². The molecule has 1 aromatic heterocycles. The zero-order chi connectivity index (χ0) is 17.5. The Hall–Kier alpha value is -2.28. The van der Waals surface area contributed by atoms with E-state index in [1.54, 1.807) is 14.2 Å². The van der Waals surface area contributed by atoms with Gasteiger partial charge >= 0.3 is 6.03 Å². The zero-order valence-corrected chi connectivity index (χ0v) is 15.2. The van der Waals surface area contributed by atoms with Crippen molar-refractivity contribution in [2.45, 2.75) is 32.7 Å². The van der Waals surface area contributed by atoms with Crippen molar-refractivity contribution < 1.29 is 14.3 Å². The van der Waals surface area contributed by atoms with Gasteiger partial charge in [0, 0.05) is 17.0 Å². The van der Waals surface area contributed by atoms with Gasteiger partial charge in [0.2, 0.25) is 0 Å². The summed E-state index contributed by atoms with van der Waals surface area (Å²) in [4.78, 5) is 16.5. The van der Waals surface area contributed by atoms with Crippen molar-refractivity contribution in [3.63, 3.8) is 0 Å². The number of amides is 2. The second-order valence-electron chi connectivity index (χ2n) is 5.22. The van der Waals surface area contributed by atoms with Crippen LogP contribution in [0.2, 0.25) is 0 Å². The van der Waals surface area contributed by atoms with Crippen molar-refractivity contribution in [2.75, 3.05) is 19.5 Å². The van der Waals surface area contributed by atoms with Gasteiger partial charge in [-0.05, 0) is 31.0 Å². The lowest BCUT2D eigenvalue weighted by Gasteiger charge is -2.14. The number of carbonyl (C=O) groups excluding carboxylic acids is 1. The highest BCUT2D eigenvalue weighted by Gasteiger charge is 2.14. The number of aromatic nitrogens is 1. The Morgan fingerprint density at radius 2 is 2.00 bits per heavy atom. The lowest BCUT2D eigenvalue weighted by atomic mass is 10.1. The van der Waals surface area contributed by atoms with E-state index in [0.29, 0.717) is 10.9 Å². The van der Waals surface area contributed by atoms with Crippen LogP contribution in [0.1, 0.15) is 26.7 Å². The Kier molecular flexibility index (Phi) is 6.43. The Balaban J connectivity index is 2.14. The lowest BCUT2D eigenvalue weighted by Crippen LogP contribution is -2.37. The standard InChI is InChI=1S/C17H23N3O3S/c1-5-11(6-2)18-16(21)20-17-19-14(10-24-17)13-9-12(22-3)7-8-15(13)23-4/h7-11H,5-6H2,1-4H3,(H2,18,19,20,21). The largest absolute Gasteiger partial charge is 0.497 e. The van der Waals surface area contributed by atoms with Gasteiger partial charge in [-0.1, -0.05) is 13.8 Å². The average molecular weight is 349 g/mol. The van der Waals surface area contributed by atoms with Crippen LogP contribution in [0.15, 0.2) is 23.6 Å². The van der Waals surface area contributed by atoms with Crippen LogP contribution in [0.25, 0.3) is 11.3 Å². The summed E-state index contributed by atoms with van der Waals surface area (Å²) < 4.78 is 10.6. The normalized spacial score (nSPS) is 10.5. The summed E-state index contributed by atoms with van der Waals surface area (Å²) in [5.74, 6) is 1.42. The Bertz CT molecular complexity index is 683. The van der Waals surface area contributed by atoms with E-state index in [4.69, 9.17) is 9.47 Å². The van der Waals surface area contributed by atoms with Crippen LogP contribution in [0.4, 0.5) is 9.93 Å². The fraction of sp³-hybridized carbons (Fsp3) is 0.412. The van der Waals surface area contributed by atoms with Crippen LogP contribution in [-0.2, 0) is 0 Å². The third kappa shape index (κ3) is 4.38. The Morgan fingerprint density at radius 1 is 1.25 bits per heavy atom. The molecular formula is C17H23N3O3S. The summed E-state index contributed by atoms with van der Waals surface area (Å²) in [5.41, 5.74) is 1.55. The molecule has 2 N–H and O–H groups in total. The molecule has 6 nitrogen and oxygen atoms in total. The minimum atomic E-state index is -0.234. The number of nitrogens with one attached hydrogen (secondary N) is 2. The molecule has 0 fully saturated rings. The summed E-state index contributed by atoms with van der Waals surface area (Å²) in [7, 11) is 3.22. The van der Waals surface area contributed by atoms with Gasteiger partial charge in [0.05, 0.1) is 19.9 Å². The number of methoxy groups -OCH3 is 2. The van der Waals surface area contributed by atoms with E-state index in [9.17, 15) is 4.79 Å². The van der Waals surface area contributed by atoms with Crippen molar-refractivity contribution in [2.24, 2.45) is 0 Å². The first-order valence-electron chi connectivity index (χ1n) is 7.86. The smallest absolute Gasteiger partial charge is 0.321 e. The summed E-state index contributed by atoms with van der Waals surface area (Å²) in [6.45, 7) is 4.09. The van der Waals surface area contributed by atoms with Crippen molar-refractivity contribution in [3.05, 3.63) is 23.6 Å². The van der Waals surface area contributed by atoms with Crippen LogP contribution in [0.3, 0.4) is 0 Å². The highest BCUT2D eigenvalue weighted by atomic mass is 32.1. The van der Waals surface area contributed by atoms with Crippen molar-refractivity contribution in [1.29, 1.82) is 0 Å². The molecule has 0 saturated carbocycles. The van der Waals surface area contributed by atoms with Gasteiger partial charge in [0.1, 0.15) is 11.5 Å². The number of rotatable bonds is 7. The number of urea groups is 1. The number of hydrogen-bond acceptors (Lipinski definition) is 5. The van der Waals surface area contributed by atoms with Crippen LogP contribution in [0, 0.1) is 0 Å². The van der Waals surface area contributed by atoms with Crippen LogP contribution in [0.5, 0.6) is 11.5 Å². The molecule has 0 aliphatic rings. The number of benzene rings is 1. The van der Waals surface area contributed by atoms with E-state index >= 15 is 0 Å². The molecule has 24 heavy (non-hydrogen) atoms. The molecule has 0 spiro atoms. The van der Waals surface area contributed by atoms with Gasteiger partial charge in [0.25, 0.3) is 0 Å². The van der Waals surface area contributed by atoms with E-state index in [1.807, 2.05) is 37.4 Å². The highest BCUT2D eigenvalue weighted by molar-refractivity contribution is 7.14. The first-order chi connectivity index (χ1) is 11.6. The number of carbonyl (C=O) groups is 1. The molecule has 2 aromatic rings. The number of ether oxygens (including phenoxy) is 2. The molecule has 2 amide bonds. The third-order valence-electron chi connectivity index (χ3n) is 3.73. The summed E-state index contributed by atoms with van der Waals surface area (Å²) >= 11 is 1.37. The van der Waals surface area contributed by atoms with Crippen LogP contribution in [-0.4, -0.2) is 31.3 Å². The number of hydrogen-bond donors (Lipinski definition) is 2. The maximum atomic E-state index is 12.0. The minimum Gasteiger partial charge on any atom is -0.497 e. The number of thiazole rings is 1. The van der Waals surface area contributed by atoms with Crippen molar-refractivity contribution in [1.82, 2.24) is 10.3 Å². The average Bonchev–Trinajstić information content (AvgIpc) is 3.07. The fourth-order valence-electron chi connectivity index (χ4n) is 2.28. The van der Waals surface area contributed by atoms with E-state index in [0.717, 1.165) is 29.8 Å². The molecule has 130 valence electrons. The monoisotopic (exact) mass is 349 g/mol. The number of nitrogens with zero attached hydrogens (tertiary/aromatic N) is 1. The zero-order valence-electron chi connectivity index (χ0n) is 14.4. The maximum absolute atomic E-state index is 12.0. The molecule has 0 aliphatic carbocycles. The molecule has 0 unspecified atom stereocenters. The predicted octanol–water partition coefficient (Wildman–Crippen LogP) is 4.14. The molecule has 0 saturated heterocycles. The van der Waals surface area contributed by atoms with Gasteiger partial charge in [-0.25, -0.2) is 9.78 Å². The van der Waals surface area contributed by atoms with Crippen LogP contribution >= 0.6 is 11.3 Å². The van der Waals surface area contributed by atoms with Crippen molar-refractivity contribution in [3.8, 4) is 22.8 Å². The molecule has 7 heteroatoms. The Labute approximate surface area is 146 Å². The molecule has 1 aromatic carbocycles. The van der Waals surface area contributed by atoms with Gasteiger partial charge in [0.15, 0.2) is 5.13 Å². The van der Waals surface area contributed by atoms with Gasteiger partial charge in [-0.15, -0.1) is 11.3 Å². The molecule has 0 radical (unpaired) electrons. The van der Waals surface area contributed by atoms with Crippen molar-refractivity contribution >= 4 is 22.5 Å². The molecule has 0 atom stereocenters. The summed E-state index contributed by atoms with van der Waals surface area (Å²) in [6.07, 6.45) is 1.79. The first-order valence-corrected chi connectivity index (χ1v) is 8.74. The predicted molar refractivity (Wildman–Crippen MR) is 97.2 cm³/mol. The van der Waals surface area contributed by atoms with Crippen LogP contribution < -0.4 is 20.1 Å². The van der Waals surface area contributed by atoms with E-state index in [1.165, 1.54) is 11.3 Å². The summed E-state index contributed by atoms with van der Waals surface area (Å²) in [6, 6.07) is 5.46. The third-order valence-corrected chi connectivity index (χ3v) is 4.49.